The van der Waals surface area contributed by atoms with Crippen LogP contribution in [0.2, 0.25) is 5.02 Å². The van der Waals surface area contributed by atoms with Crippen molar-refractivity contribution in [1.82, 2.24) is 0 Å². The molecule has 0 fully saturated rings. The van der Waals surface area contributed by atoms with Gasteiger partial charge in [-0.15, -0.1) is 0 Å². The number of carbonyl (C=O) groups excluding carboxylic acids is 2. The second-order valence-electron chi connectivity index (χ2n) is 6.31. The van der Waals surface area contributed by atoms with Gasteiger partial charge in [0, 0.05) is 28.3 Å². The van der Waals surface area contributed by atoms with Crippen LogP contribution in [0.15, 0.2) is 40.5 Å². The Morgan fingerprint density at radius 2 is 2.00 bits per heavy atom. The van der Waals surface area contributed by atoms with Gasteiger partial charge < -0.3 is 4.74 Å². The molecule has 0 aromatic heterocycles. The summed E-state index contributed by atoms with van der Waals surface area (Å²) >= 11 is 7.45. The third-order valence-corrected chi connectivity index (χ3v) is 5.55. The lowest BCUT2D eigenvalue weighted by molar-refractivity contribution is -0.505. The number of nitro groups is 1. The summed E-state index contributed by atoms with van der Waals surface area (Å²) in [6.45, 7) is 4.78. The molecule has 2 unspecified atom stereocenters. The van der Waals surface area contributed by atoms with Crippen LogP contribution in [0.3, 0.4) is 0 Å². The highest BCUT2D eigenvalue weighted by molar-refractivity contribution is 8.13. The number of hydrogen-bond donors (Lipinski definition) is 0. The van der Waals surface area contributed by atoms with Crippen molar-refractivity contribution in [2.75, 3.05) is 12.4 Å². The molecule has 0 saturated carbocycles. The maximum absolute atomic E-state index is 12.8. The van der Waals surface area contributed by atoms with Crippen LogP contribution in [0.1, 0.15) is 38.7 Å². The summed E-state index contributed by atoms with van der Waals surface area (Å²) in [6.07, 6.45) is 0.500. The number of esters is 1. The molecule has 150 valence electrons. The van der Waals surface area contributed by atoms with Gasteiger partial charge in [-0.2, -0.15) is 0 Å². The van der Waals surface area contributed by atoms with Crippen LogP contribution in [-0.4, -0.2) is 40.1 Å². The molecule has 1 aliphatic heterocycles. The van der Waals surface area contributed by atoms with E-state index in [0.717, 1.165) is 11.8 Å². The third-order valence-electron chi connectivity index (χ3n) is 4.30. The molecule has 0 N–H and O–H groups in total. The number of hydrogen-bond acceptors (Lipinski definition) is 7. The van der Waals surface area contributed by atoms with Gasteiger partial charge in [0.1, 0.15) is 0 Å². The van der Waals surface area contributed by atoms with Gasteiger partial charge in [0.05, 0.1) is 23.8 Å². The quantitative estimate of drug-likeness (QED) is 0.283. The van der Waals surface area contributed by atoms with Crippen LogP contribution in [-0.2, 0) is 14.3 Å². The van der Waals surface area contributed by atoms with E-state index in [0.29, 0.717) is 34.2 Å². The Kier molecular flexibility index (Phi) is 7.77. The summed E-state index contributed by atoms with van der Waals surface area (Å²) in [5, 5.41) is 12.1. The first-order valence-corrected chi connectivity index (χ1v) is 10.0. The van der Waals surface area contributed by atoms with Gasteiger partial charge in [-0.3, -0.25) is 19.9 Å². The number of nitrogens with zero attached hydrogens (tertiary/aromatic N) is 2. The zero-order valence-electron chi connectivity index (χ0n) is 15.8. The molecule has 28 heavy (non-hydrogen) atoms. The second-order valence-corrected chi connectivity index (χ2v) is 7.99. The number of carbonyl (C=O) groups is 2. The van der Waals surface area contributed by atoms with Gasteiger partial charge in [0.15, 0.2) is 5.12 Å². The minimum Gasteiger partial charge on any atom is -0.462 e. The lowest BCUT2D eigenvalue weighted by Gasteiger charge is -2.28. The average molecular weight is 425 g/mol. The van der Waals surface area contributed by atoms with Crippen molar-refractivity contribution in [3.63, 3.8) is 0 Å². The fourth-order valence-corrected chi connectivity index (χ4v) is 3.94. The first kappa shape index (κ1) is 22.1. The number of rotatable bonds is 7. The Morgan fingerprint density at radius 1 is 1.32 bits per heavy atom. The summed E-state index contributed by atoms with van der Waals surface area (Å²) in [5.74, 6) is -1.01. The predicted octanol–water partition coefficient (Wildman–Crippen LogP) is 4.03. The first-order valence-electron chi connectivity index (χ1n) is 8.68. The first-order chi connectivity index (χ1) is 13.2. The lowest BCUT2D eigenvalue weighted by Crippen LogP contribution is -2.40. The van der Waals surface area contributed by atoms with Gasteiger partial charge in [0.2, 0.25) is 0 Å². The summed E-state index contributed by atoms with van der Waals surface area (Å²) < 4.78 is 5.33. The van der Waals surface area contributed by atoms with E-state index in [4.69, 9.17) is 16.3 Å². The van der Waals surface area contributed by atoms with Crippen molar-refractivity contribution in [2.24, 2.45) is 4.99 Å². The van der Waals surface area contributed by atoms with Crippen molar-refractivity contribution in [2.45, 2.75) is 39.2 Å². The van der Waals surface area contributed by atoms with E-state index in [2.05, 4.69) is 4.99 Å². The molecule has 2 rings (SSSR count). The Morgan fingerprint density at radius 3 is 2.61 bits per heavy atom. The normalized spacial score (nSPS) is 19.2. The van der Waals surface area contributed by atoms with Gasteiger partial charge >= 0.3 is 5.97 Å². The Balaban J connectivity index is 2.33. The van der Waals surface area contributed by atoms with Gasteiger partial charge in [-0.1, -0.05) is 41.6 Å². The van der Waals surface area contributed by atoms with E-state index in [-0.39, 0.29) is 17.3 Å². The molecule has 0 aliphatic carbocycles. The van der Waals surface area contributed by atoms with Crippen LogP contribution in [0.25, 0.3) is 0 Å². The van der Waals surface area contributed by atoms with E-state index in [1.165, 1.54) is 6.92 Å². The highest BCUT2D eigenvalue weighted by Crippen LogP contribution is 2.39. The van der Waals surface area contributed by atoms with Crippen LogP contribution in [0.5, 0.6) is 0 Å². The molecule has 0 amide bonds. The highest BCUT2D eigenvalue weighted by Gasteiger charge is 2.45. The Bertz CT molecular complexity index is 852. The molecule has 2 atom stereocenters. The molecular formula is C19H21ClN2O5S. The van der Waals surface area contributed by atoms with Crippen LogP contribution in [0.4, 0.5) is 0 Å². The number of aliphatic imine (C=N–C) groups is 1. The number of halogens is 1. The van der Waals surface area contributed by atoms with Gasteiger partial charge in [-0.05, 0) is 31.9 Å². The van der Waals surface area contributed by atoms with Crippen molar-refractivity contribution < 1.29 is 19.2 Å². The monoisotopic (exact) mass is 424 g/mol. The van der Waals surface area contributed by atoms with E-state index >= 15 is 0 Å². The van der Waals surface area contributed by atoms with Gasteiger partial charge in [-0.25, -0.2) is 4.79 Å². The van der Waals surface area contributed by atoms with Gasteiger partial charge in [0.25, 0.3) is 6.04 Å². The Labute approximate surface area is 172 Å². The van der Waals surface area contributed by atoms with Crippen molar-refractivity contribution in [3.05, 3.63) is 56.2 Å². The number of allylic oxidation sites excluding steroid dienone is 1. The predicted molar refractivity (Wildman–Crippen MR) is 109 cm³/mol. The molecule has 0 bridgehead atoms. The van der Waals surface area contributed by atoms with E-state index < -0.39 is 22.9 Å². The highest BCUT2D eigenvalue weighted by atomic mass is 35.5. The van der Waals surface area contributed by atoms with E-state index in [1.807, 2.05) is 0 Å². The van der Waals surface area contributed by atoms with E-state index in [9.17, 15) is 19.7 Å². The van der Waals surface area contributed by atoms with Crippen molar-refractivity contribution in [1.29, 1.82) is 0 Å². The topological polar surface area (TPSA) is 98.9 Å². The molecule has 7 nitrogen and oxygen atoms in total. The summed E-state index contributed by atoms with van der Waals surface area (Å²) in [6, 6.07) is 5.53. The molecule has 1 aromatic rings. The molecular weight excluding hydrogens is 404 g/mol. The molecule has 0 saturated heterocycles. The number of thioether (sulfide) groups is 1. The molecule has 9 heteroatoms. The average Bonchev–Trinajstić information content (AvgIpc) is 2.60. The van der Waals surface area contributed by atoms with Crippen LogP contribution >= 0.6 is 23.4 Å². The Hall–Kier alpha value is -2.19. The minimum absolute atomic E-state index is 0.00502. The standard InChI is InChI=1S/C19H21ClN2O5S/c1-11-16(19(24)27-9-6-10-28-13(3)23)17(14-7-4-5-8-15(14)20)18(22(25)26)12(2)21-11/h4-5,7-8,17-18H,6,9-10H2,1-3H3. The third kappa shape index (κ3) is 5.20. The number of benzene rings is 1. The zero-order valence-corrected chi connectivity index (χ0v) is 17.4. The van der Waals surface area contributed by atoms with Crippen LogP contribution < -0.4 is 0 Å². The fourth-order valence-electron chi connectivity index (χ4n) is 3.13. The van der Waals surface area contributed by atoms with Crippen molar-refractivity contribution >= 4 is 40.2 Å². The summed E-state index contributed by atoms with van der Waals surface area (Å²) in [4.78, 5) is 39.3. The zero-order chi connectivity index (χ0) is 20.8. The minimum atomic E-state index is -1.21. The molecule has 0 radical (unpaired) electrons. The van der Waals surface area contributed by atoms with Crippen LogP contribution in [0, 0.1) is 10.1 Å². The molecule has 1 heterocycles. The second kappa shape index (κ2) is 9.84. The molecule has 0 spiro atoms. The molecule has 1 aromatic carbocycles. The smallest absolute Gasteiger partial charge is 0.336 e. The maximum atomic E-state index is 12.8. The lowest BCUT2D eigenvalue weighted by atomic mass is 9.80. The number of ether oxygens (including phenoxy) is 1. The summed E-state index contributed by atoms with van der Waals surface area (Å²) in [7, 11) is 0. The van der Waals surface area contributed by atoms with E-state index in [1.54, 1.807) is 38.1 Å². The fraction of sp³-hybridized carbons (Fsp3) is 0.421. The SMILES string of the molecule is CC(=O)SCCCOC(=O)C1=C(C)N=C(C)C([N+](=O)[O-])C1c1ccccc1Cl. The summed E-state index contributed by atoms with van der Waals surface area (Å²) in [5.41, 5.74) is 1.31. The molecule has 1 aliphatic rings. The van der Waals surface area contributed by atoms with Crippen molar-refractivity contribution in [3.8, 4) is 0 Å². The largest absolute Gasteiger partial charge is 0.462 e. The maximum Gasteiger partial charge on any atom is 0.336 e.